The lowest BCUT2D eigenvalue weighted by Crippen LogP contribution is -2.14. The second kappa shape index (κ2) is 4.42. The highest BCUT2D eigenvalue weighted by atomic mass is 35.5. The van der Waals surface area contributed by atoms with Gasteiger partial charge in [-0.1, -0.05) is 29.3 Å². The van der Waals surface area contributed by atoms with Gasteiger partial charge >= 0.3 is 0 Å². The first-order valence-corrected chi connectivity index (χ1v) is 5.61. The maximum absolute atomic E-state index is 11.0. The molecule has 1 aromatic carbocycles. The maximum Gasteiger partial charge on any atom is 0.220 e. The fraction of sp³-hybridized carbons (Fsp3) is 0.364. The zero-order valence-corrected chi connectivity index (χ0v) is 9.61. The average molecular weight is 244 g/mol. The smallest absolute Gasteiger partial charge is 0.220 e. The quantitative estimate of drug-likeness (QED) is 0.851. The van der Waals surface area contributed by atoms with Crippen LogP contribution >= 0.6 is 23.2 Å². The van der Waals surface area contributed by atoms with Gasteiger partial charge in [-0.15, -0.1) is 0 Å². The first-order valence-electron chi connectivity index (χ1n) is 4.86. The van der Waals surface area contributed by atoms with Crippen LogP contribution in [0, 0.1) is 5.92 Å². The van der Waals surface area contributed by atoms with E-state index in [1.807, 2.05) is 12.1 Å². The third-order valence-electron chi connectivity index (χ3n) is 2.59. The molecule has 4 heteroatoms. The van der Waals surface area contributed by atoms with Gasteiger partial charge in [0, 0.05) is 23.0 Å². The molecule has 2 nitrogen and oxygen atoms in total. The van der Waals surface area contributed by atoms with Gasteiger partial charge in [0.15, 0.2) is 0 Å². The predicted octanol–water partition coefficient (Wildman–Crippen LogP) is 2.67. The molecule has 0 aliphatic carbocycles. The van der Waals surface area contributed by atoms with Gasteiger partial charge in [-0.25, -0.2) is 0 Å². The number of carbonyl (C=O) groups is 1. The maximum atomic E-state index is 11.0. The van der Waals surface area contributed by atoms with Crippen molar-refractivity contribution in [3.05, 3.63) is 33.8 Å². The van der Waals surface area contributed by atoms with Gasteiger partial charge in [-0.3, -0.25) is 4.79 Å². The molecule has 0 saturated carbocycles. The minimum Gasteiger partial charge on any atom is -0.356 e. The molecule has 1 atom stereocenters. The third-order valence-corrected chi connectivity index (χ3v) is 3.17. The van der Waals surface area contributed by atoms with Crippen LogP contribution in [0.1, 0.15) is 12.0 Å². The SMILES string of the molecule is O=C1CC(Cc2ccc(Cl)cc2Cl)CN1. The lowest BCUT2D eigenvalue weighted by Gasteiger charge is -2.08. The molecule has 1 fully saturated rings. The molecular weight excluding hydrogens is 233 g/mol. The molecule has 1 saturated heterocycles. The van der Waals surface area contributed by atoms with Gasteiger partial charge in [0.05, 0.1) is 0 Å². The van der Waals surface area contributed by atoms with Crippen LogP contribution in [0.4, 0.5) is 0 Å². The molecule has 1 heterocycles. The van der Waals surface area contributed by atoms with Crippen LogP contribution in [-0.4, -0.2) is 12.5 Å². The van der Waals surface area contributed by atoms with E-state index in [0.29, 0.717) is 22.4 Å². The molecule has 1 aliphatic rings. The van der Waals surface area contributed by atoms with Crippen molar-refractivity contribution < 1.29 is 4.79 Å². The molecule has 15 heavy (non-hydrogen) atoms. The molecule has 2 rings (SSSR count). The molecule has 1 unspecified atom stereocenters. The van der Waals surface area contributed by atoms with E-state index in [0.717, 1.165) is 18.5 Å². The minimum absolute atomic E-state index is 0.130. The number of carbonyl (C=O) groups excluding carboxylic acids is 1. The Balaban J connectivity index is 2.07. The highest BCUT2D eigenvalue weighted by Crippen LogP contribution is 2.25. The molecule has 1 N–H and O–H groups in total. The number of benzene rings is 1. The van der Waals surface area contributed by atoms with E-state index in [9.17, 15) is 4.79 Å². The lowest BCUT2D eigenvalue weighted by molar-refractivity contribution is -0.119. The Labute approximate surface area is 98.6 Å². The number of halogens is 2. The van der Waals surface area contributed by atoms with Gasteiger partial charge in [0.25, 0.3) is 0 Å². The summed E-state index contributed by atoms with van der Waals surface area (Å²) >= 11 is 11.9. The van der Waals surface area contributed by atoms with Crippen molar-refractivity contribution in [3.8, 4) is 0 Å². The zero-order chi connectivity index (χ0) is 10.8. The van der Waals surface area contributed by atoms with Crippen LogP contribution in [0.2, 0.25) is 10.0 Å². The molecule has 1 amide bonds. The molecular formula is C11H11Cl2NO. The van der Waals surface area contributed by atoms with Crippen molar-refractivity contribution >= 4 is 29.1 Å². The summed E-state index contributed by atoms with van der Waals surface area (Å²) in [6, 6.07) is 5.49. The van der Waals surface area contributed by atoms with Crippen molar-refractivity contribution in [1.82, 2.24) is 5.32 Å². The summed E-state index contributed by atoms with van der Waals surface area (Å²) in [5.74, 6) is 0.487. The number of nitrogens with one attached hydrogen (secondary N) is 1. The number of hydrogen-bond acceptors (Lipinski definition) is 1. The summed E-state index contributed by atoms with van der Waals surface area (Å²) in [4.78, 5) is 11.0. The largest absolute Gasteiger partial charge is 0.356 e. The van der Waals surface area contributed by atoms with Crippen molar-refractivity contribution in [2.24, 2.45) is 5.92 Å². The Bertz CT molecular complexity index is 392. The Hall–Kier alpha value is -0.730. The Morgan fingerprint density at radius 1 is 1.40 bits per heavy atom. The lowest BCUT2D eigenvalue weighted by atomic mass is 9.98. The molecule has 1 aliphatic heterocycles. The van der Waals surface area contributed by atoms with E-state index in [4.69, 9.17) is 23.2 Å². The van der Waals surface area contributed by atoms with Crippen molar-refractivity contribution in [2.75, 3.05) is 6.54 Å². The van der Waals surface area contributed by atoms with E-state index in [-0.39, 0.29) is 5.91 Å². The highest BCUT2D eigenvalue weighted by Gasteiger charge is 2.22. The van der Waals surface area contributed by atoms with Crippen LogP contribution in [-0.2, 0) is 11.2 Å². The Morgan fingerprint density at radius 3 is 2.80 bits per heavy atom. The molecule has 80 valence electrons. The van der Waals surface area contributed by atoms with Gasteiger partial charge in [0.2, 0.25) is 5.91 Å². The van der Waals surface area contributed by atoms with E-state index in [1.165, 1.54) is 0 Å². The van der Waals surface area contributed by atoms with E-state index in [2.05, 4.69) is 5.32 Å². The normalized spacial score (nSPS) is 20.4. The molecule has 0 spiro atoms. The summed E-state index contributed by atoms with van der Waals surface area (Å²) in [7, 11) is 0. The van der Waals surface area contributed by atoms with Crippen LogP contribution < -0.4 is 5.32 Å². The van der Waals surface area contributed by atoms with E-state index >= 15 is 0 Å². The topological polar surface area (TPSA) is 29.1 Å². The van der Waals surface area contributed by atoms with Gasteiger partial charge in [-0.2, -0.15) is 0 Å². The molecule has 1 aromatic rings. The first kappa shape index (κ1) is 10.8. The zero-order valence-electron chi connectivity index (χ0n) is 8.09. The average Bonchev–Trinajstić information content (AvgIpc) is 2.56. The fourth-order valence-corrected chi connectivity index (χ4v) is 2.29. The predicted molar refractivity (Wildman–Crippen MR) is 61.3 cm³/mol. The number of rotatable bonds is 2. The summed E-state index contributed by atoms with van der Waals surface area (Å²) in [5, 5.41) is 4.14. The Morgan fingerprint density at radius 2 is 2.20 bits per heavy atom. The summed E-state index contributed by atoms with van der Waals surface area (Å²) < 4.78 is 0. The summed E-state index contributed by atoms with van der Waals surface area (Å²) in [6.07, 6.45) is 1.42. The van der Waals surface area contributed by atoms with Crippen molar-refractivity contribution in [3.63, 3.8) is 0 Å². The standard InChI is InChI=1S/C11H11Cl2NO/c12-9-2-1-8(10(13)5-9)3-7-4-11(15)14-6-7/h1-2,5,7H,3-4,6H2,(H,14,15). The number of hydrogen-bond donors (Lipinski definition) is 1. The van der Waals surface area contributed by atoms with Crippen molar-refractivity contribution in [2.45, 2.75) is 12.8 Å². The van der Waals surface area contributed by atoms with Crippen molar-refractivity contribution in [1.29, 1.82) is 0 Å². The second-order valence-electron chi connectivity index (χ2n) is 3.81. The van der Waals surface area contributed by atoms with Crippen LogP contribution in [0.15, 0.2) is 18.2 Å². The Kier molecular flexibility index (Phi) is 3.17. The van der Waals surface area contributed by atoms with Gasteiger partial charge in [0.1, 0.15) is 0 Å². The highest BCUT2D eigenvalue weighted by molar-refractivity contribution is 6.35. The van der Waals surface area contributed by atoms with Gasteiger partial charge in [-0.05, 0) is 30.0 Å². The summed E-state index contributed by atoms with van der Waals surface area (Å²) in [5.41, 5.74) is 1.06. The van der Waals surface area contributed by atoms with E-state index < -0.39 is 0 Å². The molecule has 0 radical (unpaired) electrons. The fourth-order valence-electron chi connectivity index (χ4n) is 1.81. The molecule has 0 aromatic heterocycles. The van der Waals surface area contributed by atoms with Crippen LogP contribution in [0.25, 0.3) is 0 Å². The summed E-state index contributed by atoms with van der Waals surface area (Å²) in [6.45, 7) is 0.748. The van der Waals surface area contributed by atoms with Gasteiger partial charge < -0.3 is 5.32 Å². The second-order valence-corrected chi connectivity index (χ2v) is 4.66. The van der Waals surface area contributed by atoms with Crippen LogP contribution in [0.5, 0.6) is 0 Å². The first-order chi connectivity index (χ1) is 7.15. The monoisotopic (exact) mass is 243 g/mol. The third kappa shape index (κ3) is 2.64. The molecule has 0 bridgehead atoms. The van der Waals surface area contributed by atoms with Crippen LogP contribution in [0.3, 0.4) is 0 Å². The van der Waals surface area contributed by atoms with E-state index in [1.54, 1.807) is 6.07 Å². The minimum atomic E-state index is 0.130. The number of amides is 1.